The van der Waals surface area contributed by atoms with E-state index >= 15 is 0 Å². The standard InChI is InChI=1S/C17H23NO6/c1-7-4-13(23-9(3)19)15-11(6-18-22)17(21)24-16(15)14-8(2)12(20)5-10(7)14/h8,10-11,13-16,18,22H,1,4-6H2,2-3H3/t8-,10+,11?,13?,14+,15?,16-/m1/s1. The first-order valence-electron chi connectivity index (χ1n) is 8.30. The van der Waals surface area contributed by atoms with E-state index in [4.69, 9.17) is 14.7 Å². The summed E-state index contributed by atoms with van der Waals surface area (Å²) in [6.45, 7) is 7.31. The third-order valence-electron chi connectivity index (χ3n) is 5.79. The zero-order chi connectivity index (χ0) is 17.6. The summed E-state index contributed by atoms with van der Waals surface area (Å²) in [6, 6.07) is 0. The van der Waals surface area contributed by atoms with Crippen LogP contribution in [0.1, 0.15) is 26.7 Å². The van der Waals surface area contributed by atoms with Crippen LogP contribution in [0.2, 0.25) is 0 Å². The van der Waals surface area contributed by atoms with Gasteiger partial charge in [-0.2, -0.15) is 0 Å². The van der Waals surface area contributed by atoms with Gasteiger partial charge in [0.2, 0.25) is 0 Å². The van der Waals surface area contributed by atoms with Crippen molar-refractivity contribution in [1.29, 1.82) is 0 Å². The Kier molecular flexibility index (Phi) is 4.48. The minimum Gasteiger partial charge on any atom is -0.462 e. The van der Waals surface area contributed by atoms with E-state index in [2.05, 4.69) is 6.58 Å². The van der Waals surface area contributed by atoms with Crippen molar-refractivity contribution >= 4 is 17.7 Å². The molecule has 0 bridgehead atoms. The lowest BCUT2D eigenvalue weighted by atomic mass is 9.77. The highest BCUT2D eigenvalue weighted by atomic mass is 16.6. The molecule has 132 valence electrons. The van der Waals surface area contributed by atoms with Crippen molar-refractivity contribution in [3.05, 3.63) is 12.2 Å². The van der Waals surface area contributed by atoms with E-state index in [9.17, 15) is 14.4 Å². The van der Waals surface area contributed by atoms with Crippen LogP contribution in [0.3, 0.4) is 0 Å². The van der Waals surface area contributed by atoms with Crippen LogP contribution in [0.15, 0.2) is 12.2 Å². The molecule has 2 saturated carbocycles. The average molecular weight is 337 g/mol. The number of fused-ring (bicyclic) bond motifs is 3. The highest BCUT2D eigenvalue weighted by Crippen LogP contribution is 2.52. The molecule has 1 heterocycles. The molecule has 0 spiro atoms. The Bertz CT molecular complexity index is 588. The van der Waals surface area contributed by atoms with Crippen molar-refractivity contribution in [1.82, 2.24) is 5.48 Å². The molecule has 3 unspecified atom stereocenters. The zero-order valence-corrected chi connectivity index (χ0v) is 13.9. The first-order valence-corrected chi connectivity index (χ1v) is 8.30. The van der Waals surface area contributed by atoms with Gasteiger partial charge in [0, 0.05) is 44.1 Å². The van der Waals surface area contributed by atoms with E-state index in [1.807, 2.05) is 12.4 Å². The van der Waals surface area contributed by atoms with Gasteiger partial charge in [0.1, 0.15) is 18.0 Å². The lowest BCUT2D eigenvalue weighted by molar-refractivity contribution is -0.151. The summed E-state index contributed by atoms with van der Waals surface area (Å²) in [7, 11) is 0. The molecular formula is C17H23NO6. The Balaban J connectivity index is 2.01. The Hall–Kier alpha value is -1.73. The van der Waals surface area contributed by atoms with Crippen LogP contribution in [-0.2, 0) is 23.9 Å². The number of esters is 2. The van der Waals surface area contributed by atoms with Crippen LogP contribution < -0.4 is 5.48 Å². The molecule has 0 aromatic rings. The maximum atomic E-state index is 12.3. The SMILES string of the molecule is C=C1CC(OC(C)=O)C2C(CNO)C(=O)O[C@@H]2[C@H]2[C@H](C)C(=O)C[C@@H]12. The molecule has 24 heavy (non-hydrogen) atoms. The van der Waals surface area contributed by atoms with Gasteiger partial charge >= 0.3 is 11.9 Å². The molecule has 3 rings (SSSR count). The molecule has 3 fully saturated rings. The van der Waals surface area contributed by atoms with Gasteiger partial charge in [-0.25, -0.2) is 5.48 Å². The number of carbonyl (C=O) groups is 3. The predicted octanol–water partition coefficient (Wildman–Crippen LogP) is 0.856. The Morgan fingerprint density at radius 2 is 2.08 bits per heavy atom. The van der Waals surface area contributed by atoms with Gasteiger partial charge < -0.3 is 14.7 Å². The van der Waals surface area contributed by atoms with Crippen molar-refractivity contribution in [3.63, 3.8) is 0 Å². The molecular weight excluding hydrogens is 314 g/mol. The topological polar surface area (TPSA) is 102 Å². The Morgan fingerprint density at radius 1 is 1.38 bits per heavy atom. The number of Topliss-reactive ketones (excluding diaryl/α,β-unsaturated/α-hetero) is 1. The number of ether oxygens (including phenoxy) is 2. The van der Waals surface area contributed by atoms with E-state index in [0.29, 0.717) is 12.8 Å². The van der Waals surface area contributed by atoms with Gasteiger partial charge in [-0.3, -0.25) is 14.4 Å². The molecule has 1 saturated heterocycles. The molecule has 3 aliphatic rings. The Morgan fingerprint density at radius 3 is 2.71 bits per heavy atom. The van der Waals surface area contributed by atoms with Crippen molar-refractivity contribution < 1.29 is 29.1 Å². The fraction of sp³-hybridized carbons (Fsp3) is 0.706. The van der Waals surface area contributed by atoms with E-state index in [1.54, 1.807) is 0 Å². The largest absolute Gasteiger partial charge is 0.462 e. The predicted molar refractivity (Wildman–Crippen MR) is 81.7 cm³/mol. The number of nitrogens with one attached hydrogen (secondary N) is 1. The second kappa shape index (κ2) is 6.29. The van der Waals surface area contributed by atoms with Gasteiger partial charge in [-0.05, 0) is 5.92 Å². The smallest absolute Gasteiger partial charge is 0.311 e. The van der Waals surface area contributed by atoms with E-state index in [1.165, 1.54) is 6.92 Å². The molecule has 2 N–H and O–H groups in total. The average Bonchev–Trinajstić information content (AvgIpc) is 2.93. The number of carbonyl (C=O) groups excluding carboxylic acids is 3. The first-order chi connectivity index (χ1) is 11.3. The summed E-state index contributed by atoms with van der Waals surface area (Å²) in [5.74, 6) is -2.18. The van der Waals surface area contributed by atoms with Gasteiger partial charge in [0.05, 0.1) is 5.92 Å². The van der Waals surface area contributed by atoms with Crippen molar-refractivity contribution in [3.8, 4) is 0 Å². The molecule has 0 aromatic heterocycles. The monoisotopic (exact) mass is 337 g/mol. The molecule has 0 radical (unpaired) electrons. The van der Waals surface area contributed by atoms with Crippen LogP contribution in [0.4, 0.5) is 0 Å². The molecule has 0 amide bonds. The third kappa shape index (κ3) is 2.65. The van der Waals surface area contributed by atoms with Crippen LogP contribution in [0.5, 0.6) is 0 Å². The van der Waals surface area contributed by atoms with Gasteiger partial charge in [0.15, 0.2) is 0 Å². The second-order valence-corrected chi connectivity index (χ2v) is 7.10. The lowest BCUT2D eigenvalue weighted by Crippen LogP contribution is -2.41. The van der Waals surface area contributed by atoms with Crippen molar-refractivity contribution in [2.24, 2.45) is 29.6 Å². The number of rotatable bonds is 3. The minimum absolute atomic E-state index is 0.0178. The summed E-state index contributed by atoms with van der Waals surface area (Å²) >= 11 is 0. The molecule has 7 atom stereocenters. The van der Waals surface area contributed by atoms with Crippen LogP contribution >= 0.6 is 0 Å². The summed E-state index contributed by atoms with van der Waals surface area (Å²) in [6.07, 6.45) is -0.259. The molecule has 7 heteroatoms. The maximum absolute atomic E-state index is 12.3. The summed E-state index contributed by atoms with van der Waals surface area (Å²) < 4.78 is 11.1. The zero-order valence-electron chi connectivity index (χ0n) is 13.9. The molecule has 1 aliphatic heterocycles. The molecule has 0 aromatic carbocycles. The number of hydrogen-bond donors (Lipinski definition) is 2. The highest BCUT2D eigenvalue weighted by molar-refractivity contribution is 5.85. The van der Waals surface area contributed by atoms with Crippen LogP contribution in [-0.4, -0.2) is 41.7 Å². The molecule has 7 nitrogen and oxygen atoms in total. The highest BCUT2D eigenvalue weighted by Gasteiger charge is 2.59. The minimum atomic E-state index is -0.626. The van der Waals surface area contributed by atoms with Gasteiger partial charge in [-0.15, -0.1) is 0 Å². The van der Waals surface area contributed by atoms with Crippen molar-refractivity contribution in [2.75, 3.05) is 6.54 Å². The van der Waals surface area contributed by atoms with E-state index in [-0.39, 0.29) is 30.1 Å². The molecule has 2 aliphatic carbocycles. The normalized spacial score (nSPS) is 41.5. The van der Waals surface area contributed by atoms with E-state index in [0.717, 1.165) is 5.57 Å². The summed E-state index contributed by atoms with van der Waals surface area (Å²) in [5, 5.41) is 9.07. The summed E-state index contributed by atoms with van der Waals surface area (Å²) in [4.78, 5) is 36.1. The number of hydroxylamine groups is 1. The number of hydrogen-bond acceptors (Lipinski definition) is 7. The first kappa shape index (κ1) is 17.1. The van der Waals surface area contributed by atoms with Crippen molar-refractivity contribution in [2.45, 2.75) is 38.9 Å². The lowest BCUT2D eigenvalue weighted by Gasteiger charge is -2.30. The Labute approximate surface area is 140 Å². The fourth-order valence-electron chi connectivity index (χ4n) is 4.72. The fourth-order valence-corrected chi connectivity index (χ4v) is 4.72. The van der Waals surface area contributed by atoms with Crippen LogP contribution in [0.25, 0.3) is 0 Å². The summed E-state index contributed by atoms with van der Waals surface area (Å²) in [5.41, 5.74) is 2.89. The van der Waals surface area contributed by atoms with Gasteiger partial charge in [0.25, 0.3) is 0 Å². The quantitative estimate of drug-likeness (QED) is 0.447. The maximum Gasteiger partial charge on any atom is 0.311 e. The second-order valence-electron chi connectivity index (χ2n) is 7.10. The van der Waals surface area contributed by atoms with Gasteiger partial charge in [-0.1, -0.05) is 19.1 Å². The number of ketones is 1. The third-order valence-corrected chi connectivity index (χ3v) is 5.79. The van der Waals surface area contributed by atoms with Crippen LogP contribution in [0, 0.1) is 29.6 Å². The van der Waals surface area contributed by atoms with E-state index < -0.39 is 36.0 Å².